The summed E-state index contributed by atoms with van der Waals surface area (Å²) in [6.45, 7) is 2.04. The first-order chi connectivity index (χ1) is 6.27. The third-order valence-corrected chi connectivity index (χ3v) is 1.70. The van der Waals surface area contributed by atoms with Crippen LogP contribution in [-0.2, 0) is 11.2 Å². The fourth-order valence-electron chi connectivity index (χ4n) is 1.11. The Labute approximate surface area is 76.0 Å². The lowest BCUT2D eigenvalue weighted by molar-refractivity contribution is -0.105. The van der Waals surface area contributed by atoms with Gasteiger partial charge >= 0.3 is 0 Å². The molecule has 0 spiro atoms. The molecule has 0 aliphatic rings. The highest BCUT2D eigenvalue weighted by molar-refractivity contribution is 5.70. The summed E-state index contributed by atoms with van der Waals surface area (Å²) in [5.74, 6) is 0. The summed E-state index contributed by atoms with van der Waals surface area (Å²) < 4.78 is 0. The fourth-order valence-corrected chi connectivity index (χ4v) is 1.11. The number of carbonyl (C=O) groups excluding carboxylic acids is 1. The number of anilines is 1. The van der Waals surface area contributed by atoms with Gasteiger partial charge in [0.15, 0.2) is 0 Å². The summed E-state index contributed by atoms with van der Waals surface area (Å²) in [5, 5.41) is 2.32. The van der Waals surface area contributed by atoms with Crippen LogP contribution in [0.2, 0.25) is 0 Å². The molecule has 1 rings (SSSR count). The molecule has 13 heavy (non-hydrogen) atoms. The lowest BCUT2D eigenvalue weighted by atomic mass is 10.2. The van der Waals surface area contributed by atoms with Gasteiger partial charge in [0.25, 0.3) is 5.56 Å². The highest BCUT2D eigenvalue weighted by atomic mass is 16.1. The van der Waals surface area contributed by atoms with Crippen LogP contribution >= 0.6 is 0 Å². The van der Waals surface area contributed by atoms with Crippen LogP contribution < -0.4 is 10.9 Å². The van der Waals surface area contributed by atoms with E-state index in [1.807, 2.05) is 6.92 Å². The average molecular weight is 180 g/mol. The van der Waals surface area contributed by atoms with Crippen molar-refractivity contribution in [1.29, 1.82) is 0 Å². The number of hydrogen-bond acceptors (Lipinski definition) is 2. The van der Waals surface area contributed by atoms with Crippen LogP contribution in [-0.4, -0.2) is 11.4 Å². The van der Waals surface area contributed by atoms with Gasteiger partial charge in [-0.15, -0.1) is 0 Å². The van der Waals surface area contributed by atoms with Gasteiger partial charge in [-0.05, 0) is 18.6 Å². The average Bonchev–Trinajstić information content (AvgIpc) is 2.10. The molecule has 0 unspecified atom stereocenters. The van der Waals surface area contributed by atoms with Gasteiger partial charge < -0.3 is 10.3 Å². The maximum Gasteiger partial charge on any atom is 0.271 e. The second-order valence-corrected chi connectivity index (χ2v) is 2.74. The topological polar surface area (TPSA) is 62.0 Å². The second kappa shape index (κ2) is 4.45. The van der Waals surface area contributed by atoms with E-state index in [1.165, 1.54) is 0 Å². The van der Waals surface area contributed by atoms with Gasteiger partial charge in [0.1, 0.15) is 5.69 Å². The molecule has 0 saturated heterocycles. The van der Waals surface area contributed by atoms with Crippen molar-refractivity contribution < 1.29 is 4.79 Å². The van der Waals surface area contributed by atoms with Gasteiger partial charge in [-0.1, -0.05) is 13.3 Å². The lowest BCUT2D eigenvalue weighted by Crippen LogP contribution is -2.14. The van der Waals surface area contributed by atoms with E-state index in [2.05, 4.69) is 10.3 Å². The smallest absolute Gasteiger partial charge is 0.271 e. The van der Waals surface area contributed by atoms with Gasteiger partial charge in [0.2, 0.25) is 6.41 Å². The fraction of sp³-hybridized carbons (Fsp3) is 0.333. The Balaban J connectivity index is 2.91. The maximum atomic E-state index is 11.2. The van der Waals surface area contributed by atoms with Crippen molar-refractivity contribution in [1.82, 2.24) is 4.98 Å². The highest BCUT2D eigenvalue weighted by Crippen LogP contribution is 2.01. The summed E-state index contributed by atoms with van der Waals surface area (Å²) in [6.07, 6.45) is 2.32. The van der Waals surface area contributed by atoms with E-state index in [-0.39, 0.29) is 11.2 Å². The zero-order valence-electron chi connectivity index (χ0n) is 7.46. The molecule has 0 aliphatic heterocycles. The molecule has 0 aliphatic carbocycles. The Morgan fingerprint density at radius 3 is 2.85 bits per heavy atom. The molecular formula is C9H12N2O2. The largest absolute Gasteiger partial charge is 0.324 e. The van der Waals surface area contributed by atoms with Crippen LogP contribution in [0.15, 0.2) is 16.9 Å². The molecule has 0 bridgehead atoms. The van der Waals surface area contributed by atoms with Crippen molar-refractivity contribution in [2.45, 2.75) is 19.8 Å². The van der Waals surface area contributed by atoms with Crippen molar-refractivity contribution >= 4 is 12.1 Å². The van der Waals surface area contributed by atoms with Gasteiger partial charge in [0, 0.05) is 5.69 Å². The number of aromatic amines is 1. The van der Waals surface area contributed by atoms with Gasteiger partial charge in [-0.2, -0.15) is 0 Å². The first-order valence-corrected chi connectivity index (χ1v) is 4.20. The van der Waals surface area contributed by atoms with Crippen molar-refractivity contribution in [2.24, 2.45) is 0 Å². The van der Waals surface area contributed by atoms with Crippen LogP contribution in [0.4, 0.5) is 5.69 Å². The number of H-pyrrole nitrogens is 1. The lowest BCUT2D eigenvalue weighted by Gasteiger charge is -2.00. The van der Waals surface area contributed by atoms with Gasteiger partial charge in [-0.3, -0.25) is 9.59 Å². The third-order valence-electron chi connectivity index (χ3n) is 1.70. The van der Waals surface area contributed by atoms with E-state index in [4.69, 9.17) is 0 Å². The molecule has 1 aromatic rings. The van der Waals surface area contributed by atoms with Crippen LogP contribution in [0.1, 0.15) is 19.0 Å². The van der Waals surface area contributed by atoms with Crippen molar-refractivity contribution in [3.05, 3.63) is 28.2 Å². The number of hydrogen-bond donors (Lipinski definition) is 2. The van der Waals surface area contributed by atoms with Crippen LogP contribution in [0.3, 0.4) is 0 Å². The first-order valence-electron chi connectivity index (χ1n) is 4.20. The van der Waals surface area contributed by atoms with E-state index < -0.39 is 0 Å². The number of carbonyl (C=O) groups is 1. The quantitative estimate of drug-likeness (QED) is 0.676. The van der Waals surface area contributed by atoms with Gasteiger partial charge in [0.05, 0.1) is 0 Å². The SMILES string of the molecule is CCCc1ccc(NC=O)c(=O)[nH]1. The molecule has 4 heteroatoms. The molecule has 1 heterocycles. The van der Waals surface area contributed by atoms with Crippen molar-refractivity contribution in [3.8, 4) is 0 Å². The number of aryl methyl sites for hydroxylation is 1. The molecule has 70 valence electrons. The molecule has 0 radical (unpaired) electrons. The summed E-state index contributed by atoms with van der Waals surface area (Å²) in [4.78, 5) is 24.0. The molecule has 0 fully saturated rings. The van der Waals surface area contributed by atoms with Gasteiger partial charge in [-0.25, -0.2) is 0 Å². The minimum absolute atomic E-state index is 0.252. The van der Waals surface area contributed by atoms with E-state index in [1.54, 1.807) is 12.1 Å². The first kappa shape index (κ1) is 9.51. The Bertz CT molecular complexity index is 344. The Morgan fingerprint density at radius 2 is 2.31 bits per heavy atom. The normalized spacial score (nSPS) is 9.62. The van der Waals surface area contributed by atoms with Crippen molar-refractivity contribution in [2.75, 3.05) is 5.32 Å². The Morgan fingerprint density at radius 1 is 1.54 bits per heavy atom. The van der Waals surface area contributed by atoms with Crippen molar-refractivity contribution in [3.63, 3.8) is 0 Å². The summed E-state index contributed by atoms with van der Waals surface area (Å²) in [6, 6.07) is 3.41. The minimum Gasteiger partial charge on any atom is -0.324 e. The third kappa shape index (κ3) is 2.43. The zero-order chi connectivity index (χ0) is 9.68. The van der Waals surface area contributed by atoms with E-state index in [0.717, 1.165) is 18.5 Å². The molecule has 1 amide bonds. The molecule has 2 N–H and O–H groups in total. The van der Waals surface area contributed by atoms with Crippen LogP contribution in [0, 0.1) is 0 Å². The van der Waals surface area contributed by atoms with Crippen LogP contribution in [0.5, 0.6) is 0 Å². The number of aromatic nitrogens is 1. The minimum atomic E-state index is -0.252. The summed E-state index contributed by atoms with van der Waals surface area (Å²) >= 11 is 0. The number of amides is 1. The highest BCUT2D eigenvalue weighted by Gasteiger charge is 1.98. The molecule has 4 nitrogen and oxygen atoms in total. The molecule has 1 aromatic heterocycles. The Hall–Kier alpha value is -1.58. The molecule has 0 atom stereocenters. The number of rotatable bonds is 4. The zero-order valence-corrected chi connectivity index (χ0v) is 7.46. The predicted molar refractivity (Wildman–Crippen MR) is 50.7 cm³/mol. The number of pyridine rings is 1. The number of nitrogens with one attached hydrogen (secondary N) is 2. The van der Waals surface area contributed by atoms with E-state index in [0.29, 0.717) is 6.41 Å². The molecule has 0 aromatic carbocycles. The monoisotopic (exact) mass is 180 g/mol. The molecular weight excluding hydrogens is 168 g/mol. The standard InChI is InChI=1S/C9H12N2O2/c1-2-3-7-4-5-8(10-6-12)9(13)11-7/h4-6H,2-3H2,1H3,(H,10,12)(H,11,13). The summed E-state index contributed by atoms with van der Waals surface area (Å²) in [7, 11) is 0. The van der Waals surface area contributed by atoms with E-state index >= 15 is 0 Å². The second-order valence-electron chi connectivity index (χ2n) is 2.74. The maximum absolute atomic E-state index is 11.2. The van der Waals surface area contributed by atoms with Crippen LogP contribution in [0.25, 0.3) is 0 Å². The van der Waals surface area contributed by atoms with E-state index in [9.17, 15) is 9.59 Å². The Kier molecular flexibility index (Phi) is 3.25. The molecule has 0 saturated carbocycles. The summed E-state index contributed by atoms with van der Waals surface area (Å²) in [5.41, 5.74) is 0.928. The predicted octanol–water partition coefficient (Wildman–Crippen LogP) is 0.896.